The number of hydroxylamine groups is 2. The summed E-state index contributed by atoms with van der Waals surface area (Å²) in [5.74, 6) is -1.05. The van der Waals surface area contributed by atoms with Gasteiger partial charge in [0.25, 0.3) is 0 Å². The predicted octanol–water partition coefficient (Wildman–Crippen LogP) is 3.44. The van der Waals surface area contributed by atoms with Gasteiger partial charge in [-0.15, -0.1) is 0 Å². The first kappa shape index (κ1) is 18.3. The lowest BCUT2D eigenvalue weighted by Gasteiger charge is -2.16. The van der Waals surface area contributed by atoms with Crippen LogP contribution in [0.4, 0.5) is 4.39 Å². The van der Waals surface area contributed by atoms with Gasteiger partial charge in [-0.1, -0.05) is 42.0 Å². The Morgan fingerprint density at radius 3 is 2.42 bits per heavy atom. The molecule has 1 heterocycles. The first-order valence-electron chi connectivity index (χ1n) is 8.66. The van der Waals surface area contributed by atoms with Crippen molar-refractivity contribution in [3.8, 4) is 0 Å². The van der Waals surface area contributed by atoms with E-state index in [4.69, 9.17) is 4.84 Å². The molecule has 3 rings (SSSR count). The van der Waals surface area contributed by atoms with E-state index in [1.54, 1.807) is 12.1 Å². The highest BCUT2D eigenvalue weighted by atomic mass is 19.1. The molecule has 0 spiro atoms. The lowest BCUT2D eigenvalue weighted by molar-refractivity contribution is -0.170. The Morgan fingerprint density at radius 1 is 1.15 bits per heavy atom. The minimum atomic E-state index is -0.439. The van der Waals surface area contributed by atoms with E-state index in [0.717, 1.165) is 16.7 Å². The summed E-state index contributed by atoms with van der Waals surface area (Å²) in [4.78, 5) is 30.3. The number of amides is 1. The van der Waals surface area contributed by atoms with Gasteiger partial charge in [-0.25, -0.2) is 9.45 Å². The van der Waals surface area contributed by atoms with Crippen LogP contribution >= 0.6 is 0 Å². The molecule has 1 aliphatic rings. The summed E-state index contributed by atoms with van der Waals surface area (Å²) < 4.78 is 13.0. The molecular formula is C21H22FNO3. The van der Waals surface area contributed by atoms with E-state index >= 15 is 0 Å². The SMILES string of the molecule is CON1C[C@H](c2ccc(C)cc2)[C@@H](CC(=O)Cc2ccc(F)cc2)C1=O. The number of rotatable bonds is 6. The minimum absolute atomic E-state index is 0.0370. The van der Waals surface area contributed by atoms with Gasteiger partial charge >= 0.3 is 0 Å². The molecule has 1 amide bonds. The van der Waals surface area contributed by atoms with Crippen LogP contribution in [-0.4, -0.2) is 30.4 Å². The minimum Gasteiger partial charge on any atom is -0.299 e. The fourth-order valence-corrected chi connectivity index (χ4v) is 3.45. The second-order valence-corrected chi connectivity index (χ2v) is 6.75. The molecule has 0 unspecified atom stereocenters. The molecule has 0 N–H and O–H groups in total. The topological polar surface area (TPSA) is 46.6 Å². The smallest absolute Gasteiger partial charge is 0.250 e. The molecule has 136 valence electrons. The maximum absolute atomic E-state index is 13.0. The van der Waals surface area contributed by atoms with Crippen molar-refractivity contribution in [2.24, 2.45) is 5.92 Å². The van der Waals surface area contributed by atoms with Gasteiger partial charge in [-0.05, 0) is 30.2 Å². The number of benzene rings is 2. The van der Waals surface area contributed by atoms with Gasteiger partial charge in [0, 0.05) is 18.8 Å². The fourth-order valence-electron chi connectivity index (χ4n) is 3.45. The van der Waals surface area contributed by atoms with Gasteiger partial charge in [0.2, 0.25) is 5.91 Å². The number of carbonyl (C=O) groups excluding carboxylic acids is 2. The molecule has 0 aromatic heterocycles. The molecule has 0 radical (unpaired) electrons. The summed E-state index contributed by atoms with van der Waals surface area (Å²) in [7, 11) is 1.47. The van der Waals surface area contributed by atoms with Gasteiger partial charge < -0.3 is 0 Å². The van der Waals surface area contributed by atoms with Crippen molar-refractivity contribution >= 4 is 11.7 Å². The van der Waals surface area contributed by atoms with Crippen LogP contribution in [-0.2, 0) is 20.8 Å². The monoisotopic (exact) mass is 355 g/mol. The molecule has 1 saturated heterocycles. The van der Waals surface area contributed by atoms with Crippen molar-refractivity contribution < 1.29 is 18.8 Å². The number of hydrogen-bond acceptors (Lipinski definition) is 3. The van der Waals surface area contributed by atoms with E-state index in [2.05, 4.69) is 0 Å². The lowest BCUT2D eigenvalue weighted by Crippen LogP contribution is -2.27. The molecule has 5 heteroatoms. The van der Waals surface area contributed by atoms with Crippen LogP contribution < -0.4 is 0 Å². The summed E-state index contributed by atoms with van der Waals surface area (Å²) >= 11 is 0. The van der Waals surface area contributed by atoms with Crippen molar-refractivity contribution in [3.05, 3.63) is 71.0 Å². The third-order valence-corrected chi connectivity index (χ3v) is 4.90. The Bertz CT molecular complexity index is 786. The Labute approximate surface area is 152 Å². The zero-order chi connectivity index (χ0) is 18.7. The largest absolute Gasteiger partial charge is 0.299 e. The van der Waals surface area contributed by atoms with Crippen LogP contribution in [0.3, 0.4) is 0 Å². The van der Waals surface area contributed by atoms with Crippen LogP contribution in [0.5, 0.6) is 0 Å². The van der Waals surface area contributed by atoms with E-state index in [-0.39, 0.29) is 36.3 Å². The summed E-state index contributed by atoms with van der Waals surface area (Å²) in [6.45, 7) is 2.45. The van der Waals surface area contributed by atoms with Crippen LogP contribution in [0.2, 0.25) is 0 Å². The zero-order valence-electron chi connectivity index (χ0n) is 14.9. The summed E-state index contributed by atoms with van der Waals surface area (Å²) in [5, 5.41) is 1.33. The van der Waals surface area contributed by atoms with E-state index in [1.165, 1.54) is 24.3 Å². The summed E-state index contributed by atoms with van der Waals surface area (Å²) in [6.07, 6.45) is 0.340. The predicted molar refractivity (Wildman–Crippen MR) is 95.9 cm³/mol. The van der Waals surface area contributed by atoms with Crippen molar-refractivity contribution in [2.75, 3.05) is 13.7 Å². The lowest BCUT2D eigenvalue weighted by atomic mass is 9.84. The van der Waals surface area contributed by atoms with Crippen molar-refractivity contribution in [1.82, 2.24) is 5.06 Å². The standard InChI is InChI=1S/C21H22FNO3/c1-14-3-7-16(8-4-14)20-13-23(26-2)21(25)19(20)12-18(24)11-15-5-9-17(22)10-6-15/h3-10,19-20H,11-13H2,1-2H3/t19-,20-/m1/s1. The first-order chi connectivity index (χ1) is 12.5. The maximum atomic E-state index is 13.0. The Balaban J connectivity index is 1.75. The molecule has 1 fully saturated rings. The van der Waals surface area contributed by atoms with Gasteiger partial charge in [0.15, 0.2) is 0 Å². The van der Waals surface area contributed by atoms with Crippen LogP contribution in [0, 0.1) is 18.7 Å². The first-order valence-corrected chi connectivity index (χ1v) is 8.66. The normalized spacial score (nSPS) is 19.8. The number of aryl methyl sites for hydroxylation is 1. The molecule has 2 atom stereocenters. The zero-order valence-corrected chi connectivity index (χ0v) is 14.9. The van der Waals surface area contributed by atoms with Gasteiger partial charge in [0.1, 0.15) is 11.6 Å². The third-order valence-electron chi connectivity index (χ3n) is 4.90. The van der Waals surface area contributed by atoms with Crippen molar-refractivity contribution in [2.45, 2.75) is 25.7 Å². The molecule has 0 saturated carbocycles. The molecular weight excluding hydrogens is 333 g/mol. The Hall–Kier alpha value is -2.53. The molecule has 1 aliphatic heterocycles. The van der Waals surface area contributed by atoms with Crippen molar-refractivity contribution in [1.29, 1.82) is 0 Å². The van der Waals surface area contributed by atoms with Gasteiger partial charge in [-0.3, -0.25) is 14.4 Å². The third kappa shape index (κ3) is 3.99. The highest BCUT2D eigenvalue weighted by Crippen LogP contribution is 2.36. The Kier molecular flexibility index (Phi) is 5.47. The van der Waals surface area contributed by atoms with Crippen molar-refractivity contribution in [3.63, 3.8) is 0 Å². The van der Waals surface area contributed by atoms with E-state index in [0.29, 0.717) is 6.54 Å². The maximum Gasteiger partial charge on any atom is 0.250 e. The average Bonchev–Trinajstić information content (AvgIpc) is 2.94. The number of hydrogen-bond donors (Lipinski definition) is 0. The molecule has 26 heavy (non-hydrogen) atoms. The van der Waals surface area contributed by atoms with E-state index < -0.39 is 5.92 Å². The summed E-state index contributed by atoms with van der Waals surface area (Å²) in [6, 6.07) is 13.9. The number of carbonyl (C=O) groups is 2. The average molecular weight is 355 g/mol. The van der Waals surface area contributed by atoms with E-state index in [1.807, 2.05) is 31.2 Å². The van der Waals surface area contributed by atoms with Crippen LogP contribution in [0.25, 0.3) is 0 Å². The number of Topliss-reactive ketones (excluding diaryl/α,β-unsaturated/α-hetero) is 1. The fraction of sp³-hybridized carbons (Fsp3) is 0.333. The number of halogens is 1. The quantitative estimate of drug-likeness (QED) is 0.797. The molecule has 0 bridgehead atoms. The molecule has 2 aromatic rings. The highest BCUT2D eigenvalue weighted by molar-refractivity contribution is 5.89. The second-order valence-electron chi connectivity index (χ2n) is 6.75. The van der Waals surface area contributed by atoms with E-state index in [9.17, 15) is 14.0 Å². The molecule has 2 aromatic carbocycles. The Morgan fingerprint density at radius 2 is 1.81 bits per heavy atom. The van der Waals surface area contributed by atoms with Crippen LogP contribution in [0.15, 0.2) is 48.5 Å². The second kappa shape index (κ2) is 7.79. The van der Waals surface area contributed by atoms with Gasteiger partial charge in [-0.2, -0.15) is 0 Å². The van der Waals surface area contributed by atoms with Crippen LogP contribution in [0.1, 0.15) is 29.0 Å². The molecule has 0 aliphatic carbocycles. The number of ketones is 1. The summed E-state index contributed by atoms with van der Waals surface area (Å²) in [5.41, 5.74) is 2.92. The molecule has 4 nitrogen and oxygen atoms in total. The highest BCUT2D eigenvalue weighted by Gasteiger charge is 2.42. The van der Waals surface area contributed by atoms with Gasteiger partial charge in [0.05, 0.1) is 19.6 Å². The number of nitrogens with zero attached hydrogens (tertiary/aromatic N) is 1.